The van der Waals surface area contributed by atoms with Crippen LogP contribution in [0.3, 0.4) is 0 Å². The lowest BCUT2D eigenvalue weighted by atomic mass is 9.99. The van der Waals surface area contributed by atoms with Gasteiger partial charge in [0.1, 0.15) is 11.5 Å². The third kappa shape index (κ3) is 3.76. The van der Waals surface area contributed by atoms with Gasteiger partial charge < -0.3 is 20.3 Å². The van der Waals surface area contributed by atoms with Crippen LogP contribution in [0.2, 0.25) is 0 Å². The second-order valence-electron chi connectivity index (χ2n) is 5.20. The normalized spacial score (nSPS) is 11.4. The van der Waals surface area contributed by atoms with Crippen LogP contribution in [0.1, 0.15) is 29.7 Å². The number of aliphatic carboxylic acids is 1. The first-order valence-corrected chi connectivity index (χ1v) is 7.42. The molecule has 2 rings (SSSR count). The number of carbonyl (C=O) groups is 1. The highest BCUT2D eigenvalue weighted by atomic mass is 16.5. The Morgan fingerprint density at radius 3 is 2.54 bits per heavy atom. The number of hydrogen-bond donors (Lipinski definition) is 3. The van der Waals surface area contributed by atoms with Gasteiger partial charge in [-0.05, 0) is 55.3 Å². The van der Waals surface area contributed by atoms with E-state index in [9.17, 15) is 15.0 Å². The lowest BCUT2D eigenvalue weighted by molar-refractivity contribution is -0.138. The molecule has 0 saturated heterocycles. The predicted octanol–water partition coefficient (Wildman–Crippen LogP) is 3.21. The minimum Gasteiger partial charge on any atom is -0.508 e. The number of nitriles is 1. The van der Waals surface area contributed by atoms with Gasteiger partial charge in [0, 0.05) is 11.8 Å². The van der Waals surface area contributed by atoms with Gasteiger partial charge in [-0.1, -0.05) is 0 Å². The van der Waals surface area contributed by atoms with Gasteiger partial charge in [-0.15, -0.1) is 0 Å². The fourth-order valence-electron chi connectivity index (χ4n) is 2.38. The zero-order valence-electron chi connectivity index (χ0n) is 13.4. The van der Waals surface area contributed by atoms with Crippen LogP contribution < -0.4 is 10.1 Å². The Kier molecular flexibility index (Phi) is 5.27. The first kappa shape index (κ1) is 17.2. The van der Waals surface area contributed by atoms with Crippen LogP contribution in [-0.4, -0.2) is 22.8 Å². The average molecular weight is 326 g/mol. The summed E-state index contributed by atoms with van der Waals surface area (Å²) in [6, 6.07) is 10.3. The summed E-state index contributed by atoms with van der Waals surface area (Å²) in [6.07, 6.45) is 0. The van der Waals surface area contributed by atoms with Crippen molar-refractivity contribution in [2.75, 3.05) is 11.9 Å². The van der Waals surface area contributed by atoms with Crippen molar-refractivity contribution in [1.29, 1.82) is 5.26 Å². The predicted molar refractivity (Wildman–Crippen MR) is 89.2 cm³/mol. The number of hydrogen-bond acceptors (Lipinski definition) is 5. The molecule has 0 aliphatic heterocycles. The Hall–Kier alpha value is -3.20. The molecule has 0 bridgehead atoms. The number of phenolic OH excluding ortho intramolecular Hbond substituents is 1. The number of carboxylic acid groups (broad SMARTS) is 1. The third-order valence-corrected chi connectivity index (χ3v) is 3.57. The van der Waals surface area contributed by atoms with Crippen molar-refractivity contribution < 1.29 is 19.7 Å². The SMILES string of the molecule is CCOc1cc(O)cc(C(Nc2ccc(C#N)cc2)C(=O)O)c1C. The van der Waals surface area contributed by atoms with E-state index in [-0.39, 0.29) is 5.75 Å². The van der Waals surface area contributed by atoms with Gasteiger partial charge in [0.2, 0.25) is 0 Å². The van der Waals surface area contributed by atoms with Crippen molar-refractivity contribution in [2.45, 2.75) is 19.9 Å². The molecule has 0 aliphatic rings. The van der Waals surface area contributed by atoms with E-state index < -0.39 is 12.0 Å². The Morgan fingerprint density at radius 1 is 1.33 bits per heavy atom. The zero-order chi connectivity index (χ0) is 17.7. The molecule has 0 aliphatic carbocycles. The molecule has 3 N–H and O–H groups in total. The van der Waals surface area contributed by atoms with Gasteiger partial charge in [-0.2, -0.15) is 5.26 Å². The summed E-state index contributed by atoms with van der Waals surface area (Å²) in [5.41, 5.74) is 2.10. The molecular weight excluding hydrogens is 308 g/mol. The van der Waals surface area contributed by atoms with E-state index in [1.54, 1.807) is 31.2 Å². The second-order valence-corrected chi connectivity index (χ2v) is 5.20. The molecule has 1 unspecified atom stereocenters. The fourth-order valence-corrected chi connectivity index (χ4v) is 2.38. The van der Waals surface area contributed by atoms with Gasteiger partial charge >= 0.3 is 5.97 Å². The van der Waals surface area contributed by atoms with Gasteiger partial charge in [0.25, 0.3) is 0 Å². The van der Waals surface area contributed by atoms with Crippen LogP contribution >= 0.6 is 0 Å². The monoisotopic (exact) mass is 326 g/mol. The van der Waals surface area contributed by atoms with E-state index >= 15 is 0 Å². The Balaban J connectivity index is 2.40. The highest BCUT2D eigenvalue weighted by Crippen LogP contribution is 2.33. The second kappa shape index (κ2) is 7.38. The summed E-state index contributed by atoms with van der Waals surface area (Å²) in [4.78, 5) is 11.7. The number of nitrogens with zero attached hydrogens (tertiary/aromatic N) is 1. The molecular formula is C18H18N2O4. The molecule has 6 nitrogen and oxygen atoms in total. The number of phenols is 1. The molecule has 1 atom stereocenters. The maximum absolute atomic E-state index is 11.7. The molecule has 0 amide bonds. The first-order valence-electron chi connectivity index (χ1n) is 7.42. The summed E-state index contributed by atoms with van der Waals surface area (Å²) < 4.78 is 5.45. The third-order valence-electron chi connectivity index (χ3n) is 3.57. The quantitative estimate of drug-likeness (QED) is 0.753. The molecule has 6 heteroatoms. The largest absolute Gasteiger partial charge is 0.508 e. The van der Waals surface area contributed by atoms with Gasteiger partial charge in [-0.3, -0.25) is 0 Å². The van der Waals surface area contributed by atoms with E-state index in [2.05, 4.69) is 5.32 Å². The molecule has 0 heterocycles. The standard InChI is InChI=1S/C18H18N2O4/c1-3-24-16-9-14(21)8-15(11(16)2)17(18(22)23)20-13-6-4-12(10-19)5-7-13/h4-9,17,20-21H,3H2,1-2H3,(H,22,23). The maximum Gasteiger partial charge on any atom is 0.330 e. The summed E-state index contributed by atoms with van der Waals surface area (Å²) in [5.74, 6) is -0.706. The van der Waals surface area contributed by atoms with Crippen molar-refractivity contribution in [3.8, 4) is 17.6 Å². The van der Waals surface area contributed by atoms with Gasteiger partial charge in [0.05, 0.1) is 18.2 Å². The number of ether oxygens (including phenoxy) is 1. The van der Waals surface area contributed by atoms with Crippen LogP contribution in [0.4, 0.5) is 5.69 Å². The van der Waals surface area contributed by atoms with Crippen LogP contribution in [-0.2, 0) is 4.79 Å². The molecule has 2 aromatic rings. The van der Waals surface area contributed by atoms with Crippen LogP contribution in [0.25, 0.3) is 0 Å². The maximum atomic E-state index is 11.7. The molecule has 0 radical (unpaired) electrons. The lowest BCUT2D eigenvalue weighted by Crippen LogP contribution is -2.21. The molecule has 0 aromatic heterocycles. The van der Waals surface area contributed by atoms with Crippen LogP contribution in [0.15, 0.2) is 36.4 Å². The summed E-state index contributed by atoms with van der Waals surface area (Å²) in [5, 5.41) is 31.2. The molecule has 24 heavy (non-hydrogen) atoms. The molecule has 0 fully saturated rings. The number of carboxylic acids is 1. The molecule has 0 spiro atoms. The number of anilines is 1. The van der Waals surface area contributed by atoms with Crippen molar-refractivity contribution in [3.63, 3.8) is 0 Å². The molecule has 124 valence electrons. The number of aromatic hydroxyl groups is 1. The minimum absolute atomic E-state index is 0.0630. The number of benzene rings is 2. The van der Waals surface area contributed by atoms with Crippen molar-refractivity contribution >= 4 is 11.7 Å². The summed E-state index contributed by atoms with van der Waals surface area (Å²) in [6.45, 7) is 3.97. The average Bonchev–Trinajstić information content (AvgIpc) is 2.56. The Labute approximate surface area is 139 Å². The summed E-state index contributed by atoms with van der Waals surface area (Å²) in [7, 11) is 0. The molecule has 0 saturated carbocycles. The van der Waals surface area contributed by atoms with E-state index in [0.717, 1.165) is 0 Å². The highest BCUT2D eigenvalue weighted by Gasteiger charge is 2.24. The van der Waals surface area contributed by atoms with E-state index in [1.165, 1.54) is 12.1 Å². The van der Waals surface area contributed by atoms with Crippen LogP contribution in [0, 0.1) is 18.3 Å². The van der Waals surface area contributed by atoms with E-state index in [0.29, 0.717) is 34.7 Å². The highest BCUT2D eigenvalue weighted by molar-refractivity contribution is 5.80. The number of nitrogens with one attached hydrogen (secondary N) is 1. The van der Waals surface area contributed by atoms with Crippen molar-refractivity contribution in [3.05, 3.63) is 53.1 Å². The Morgan fingerprint density at radius 2 is 2.00 bits per heavy atom. The smallest absolute Gasteiger partial charge is 0.330 e. The fraction of sp³-hybridized carbons (Fsp3) is 0.222. The van der Waals surface area contributed by atoms with Crippen LogP contribution in [0.5, 0.6) is 11.5 Å². The van der Waals surface area contributed by atoms with E-state index in [4.69, 9.17) is 10.00 Å². The van der Waals surface area contributed by atoms with E-state index in [1.807, 2.05) is 13.0 Å². The van der Waals surface area contributed by atoms with Crippen molar-refractivity contribution in [1.82, 2.24) is 0 Å². The molecule has 2 aromatic carbocycles. The van der Waals surface area contributed by atoms with Gasteiger partial charge in [0.15, 0.2) is 6.04 Å². The topological polar surface area (TPSA) is 103 Å². The first-order chi connectivity index (χ1) is 11.5. The summed E-state index contributed by atoms with van der Waals surface area (Å²) >= 11 is 0. The lowest BCUT2D eigenvalue weighted by Gasteiger charge is -2.20. The minimum atomic E-state index is -1.09. The number of rotatable bonds is 6. The Bertz CT molecular complexity index is 779. The zero-order valence-corrected chi connectivity index (χ0v) is 13.4. The van der Waals surface area contributed by atoms with Crippen molar-refractivity contribution in [2.24, 2.45) is 0 Å². The van der Waals surface area contributed by atoms with Gasteiger partial charge in [-0.25, -0.2) is 4.79 Å².